The van der Waals surface area contributed by atoms with Crippen LogP contribution < -0.4 is 5.32 Å². The SMILES string of the molecule is CC(Nc1cc(F)ccc1F)c1nc2ccccc2s1. The molecular weight excluding hydrogens is 278 g/mol. The number of nitrogens with zero attached hydrogens (tertiary/aromatic N) is 1. The Kier molecular flexibility index (Phi) is 3.36. The summed E-state index contributed by atoms with van der Waals surface area (Å²) in [6, 6.07) is 11.0. The second kappa shape index (κ2) is 5.17. The van der Waals surface area contributed by atoms with Crippen LogP contribution in [0.2, 0.25) is 0 Å². The number of benzene rings is 2. The van der Waals surface area contributed by atoms with Gasteiger partial charge in [-0.2, -0.15) is 0 Å². The first-order valence-corrected chi connectivity index (χ1v) is 7.02. The summed E-state index contributed by atoms with van der Waals surface area (Å²) in [4.78, 5) is 4.50. The van der Waals surface area contributed by atoms with Gasteiger partial charge in [-0.1, -0.05) is 12.1 Å². The molecule has 1 aromatic heterocycles. The highest BCUT2D eigenvalue weighted by molar-refractivity contribution is 7.18. The number of aromatic nitrogens is 1. The van der Waals surface area contributed by atoms with Gasteiger partial charge in [-0.3, -0.25) is 0 Å². The summed E-state index contributed by atoms with van der Waals surface area (Å²) in [5.74, 6) is -0.940. The van der Waals surface area contributed by atoms with E-state index in [0.717, 1.165) is 33.4 Å². The summed E-state index contributed by atoms with van der Waals surface area (Å²) >= 11 is 1.54. The number of para-hydroxylation sites is 1. The van der Waals surface area contributed by atoms with E-state index in [0.29, 0.717) is 0 Å². The van der Waals surface area contributed by atoms with Crippen LogP contribution in [-0.2, 0) is 0 Å². The highest BCUT2D eigenvalue weighted by Gasteiger charge is 2.13. The van der Waals surface area contributed by atoms with E-state index < -0.39 is 11.6 Å². The third-order valence-corrected chi connectivity index (χ3v) is 4.20. The van der Waals surface area contributed by atoms with Gasteiger partial charge in [-0.05, 0) is 37.3 Å². The monoisotopic (exact) mass is 290 g/mol. The molecule has 0 bridgehead atoms. The fourth-order valence-electron chi connectivity index (χ4n) is 1.98. The summed E-state index contributed by atoms with van der Waals surface area (Å²) in [5, 5.41) is 3.80. The molecule has 0 aliphatic heterocycles. The Morgan fingerprint density at radius 2 is 1.95 bits per heavy atom. The number of hydrogen-bond donors (Lipinski definition) is 1. The Hall–Kier alpha value is -2.01. The molecule has 3 rings (SSSR count). The van der Waals surface area contributed by atoms with Crippen LogP contribution in [0.5, 0.6) is 0 Å². The van der Waals surface area contributed by atoms with Gasteiger partial charge >= 0.3 is 0 Å². The number of rotatable bonds is 3. The first kappa shape index (κ1) is 13.0. The predicted molar refractivity (Wildman–Crippen MR) is 78.0 cm³/mol. The maximum Gasteiger partial charge on any atom is 0.146 e. The summed E-state index contributed by atoms with van der Waals surface area (Å²) in [6.45, 7) is 1.88. The third-order valence-electron chi connectivity index (χ3n) is 2.98. The van der Waals surface area contributed by atoms with Crippen molar-refractivity contribution in [1.29, 1.82) is 0 Å². The van der Waals surface area contributed by atoms with Crippen LogP contribution in [0, 0.1) is 11.6 Å². The molecule has 20 heavy (non-hydrogen) atoms. The van der Waals surface area contributed by atoms with E-state index in [1.54, 1.807) is 11.3 Å². The van der Waals surface area contributed by atoms with Crippen LogP contribution in [0.25, 0.3) is 10.2 Å². The molecule has 0 spiro atoms. The highest BCUT2D eigenvalue weighted by atomic mass is 32.1. The van der Waals surface area contributed by atoms with Crippen LogP contribution >= 0.6 is 11.3 Å². The average Bonchev–Trinajstić information content (AvgIpc) is 2.87. The molecule has 0 saturated heterocycles. The largest absolute Gasteiger partial charge is 0.374 e. The van der Waals surface area contributed by atoms with E-state index in [1.165, 1.54) is 0 Å². The number of anilines is 1. The van der Waals surface area contributed by atoms with E-state index >= 15 is 0 Å². The molecule has 0 radical (unpaired) electrons. The van der Waals surface area contributed by atoms with Crippen molar-refractivity contribution in [3.63, 3.8) is 0 Å². The number of thiazole rings is 1. The van der Waals surface area contributed by atoms with Gasteiger partial charge in [0.25, 0.3) is 0 Å². The Morgan fingerprint density at radius 1 is 1.15 bits per heavy atom. The molecule has 2 aromatic carbocycles. The summed E-state index contributed by atoms with van der Waals surface area (Å²) in [6.07, 6.45) is 0. The maximum absolute atomic E-state index is 13.6. The lowest BCUT2D eigenvalue weighted by atomic mass is 10.2. The number of nitrogens with one attached hydrogen (secondary N) is 1. The normalized spacial score (nSPS) is 12.6. The summed E-state index contributed by atoms with van der Waals surface area (Å²) < 4.78 is 27.8. The van der Waals surface area contributed by atoms with Gasteiger partial charge < -0.3 is 5.32 Å². The molecule has 0 amide bonds. The molecule has 5 heteroatoms. The summed E-state index contributed by atoms with van der Waals surface area (Å²) in [7, 11) is 0. The minimum atomic E-state index is -0.473. The van der Waals surface area contributed by atoms with Crippen LogP contribution in [0.15, 0.2) is 42.5 Å². The van der Waals surface area contributed by atoms with Crippen molar-refractivity contribution in [3.8, 4) is 0 Å². The first-order chi connectivity index (χ1) is 9.63. The number of hydrogen-bond acceptors (Lipinski definition) is 3. The molecule has 0 fully saturated rings. The number of fused-ring (bicyclic) bond motifs is 1. The van der Waals surface area contributed by atoms with Crippen molar-refractivity contribution in [2.24, 2.45) is 0 Å². The highest BCUT2D eigenvalue weighted by Crippen LogP contribution is 2.29. The lowest BCUT2D eigenvalue weighted by Crippen LogP contribution is -2.07. The van der Waals surface area contributed by atoms with Crippen molar-refractivity contribution in [3.05, 3.63) is 59.1 Å². The molecule has 0 aliphatic rings. The molecule has 1 N–H and O–H groups in total. The summed E-state index contributed by atoms with van der Waals surface area (Å²) in [5.41, 5.74) is 1.07. The molecule has 2 nitrogen and oxygen atoms in total. The Balaban J connectivity index is 1.88. The molecule has 1 unspecified atom stereocenters. The zero-order valence-corrected chi connectivity index (χ0v) is 11.5. The van der Waals surface area contributed by atoms with Gasteiger partial charge in [-0.15, -0.1) is 11.3 Å². The van der Waals surface area contributed by atoms with Crippen molar-refractivity contribution in [1.82, 2.24) is 4.98 Å². The van der Waals surface area contributed by atoms with E-state index in [9.17, 15) is 8.78 Å². The minimum absolute atomic E-state index is 0.150. The van der Waals surface area contributed by atoms with Gasteiger partial charge in [-0.25, -0.2) is 13.8 Å². The third kappa shape index (κ3) is 2.49. The van der Waals surface area contributed by atoms with Crippen molar-refractivity contribution in [2.45, 2.75) is 13.0 Å². The van der Waals surface area contributed by atoms with E-state index in [4.69, 9.17) is 0 Å². The zero-order valence-electron chi connectivity index (χ0n) is 10.7. The van der Waals surface area contributed by atoms with Gasteiger partial charge in [0.2, 0.25) is 0 Å². The van der Waals surface area contributed by atoms with E-state index in [1.807, 2.05) is 31.2 Å². The fourth-order valence-corrected chi connectivity index (χ4v) is 2.95. The molecular formula is C15H12F2N2S. The van der Waals surface area contributed by atoms with Crippen molar-refractivity contribution < 1.29 is 8.78 Å². The molecule has 0 saturated carbocycles. The van der Waals surface area contributed by atoms with Gasteiger partial charge in [0.15, 0.2) is 0 Å². The quantitative estimate of drug-likeness (QED) is 0.753. The molecule has 1 atom stereocenters. The zero-order chi connectivity index (χ0) is 14.1. The molecule has 1 heterocycles. The van der Waals surface area contributed by atoms with Crippen LogP contribution in [0.1, 0.15) is 18.0 Å². The molecule has 0 aliphatic carbocycles. The Morgan fingerprint density at radius 3 is 2.75 bits per heavy atom. The van der Waals surface area contributed by atoms with Gasteiger partial charge in [0.1, 0.15) is 16.6 Å². The van der Waals surface area contributed by atoms with Crippen molar-refractivity contribution >= 4 is 27.2 Å². The Labute approximate surface area is 119 Å². The van der Waals surface area contributed by atoms with Crippen molar-refractivity contribution in [2.75, 3.05) is 5.32 Å². The fraction of sp³-hybridized carbons (Fsp3) is 0.133. The second-order valence-corrected chi connectivity index (χ2v) is 5.57. The lowest BCUT2D eigenvalue weighted by Gasteiger charge is -2.13. The average molecular weight is 290 g/mol. The number of halogens is 2. The maximum atomic E-state index is 13.6. The predicted octanol–water partition coefficient (Wildman–Crippen LogP) is 4.75. The minimum Gasteiger partial charge on any atom is -0.374 e. The topological polar surface area (TPSA) is 24.9 Å². The lowest BCUT2D eigenvalue weighted by molar-refractivity contribution is 0.600. The van der Waals surface area contributed by atoms with E-state index in [-0.39, 0.29) is 11.7 Å². The van der Waals surface area contributed by atoms with Crippen LogP contribution in [0.4, 0.5) is 14.5 Å². The first-order valence-electron chi connectivity index (χ1n) is 6.20. The second-order valence-electron chi connectivity index (χ2n) is 4.51. The van der Waals surface area contributed by atoms with Crippen LogP contribution in [-0.4, -0.2) is 4.98 Å². The molecule has 3 aromatic rings. The smallest absolute Gasteiger partial charge is 0.146 e. The van der Waals surface area contributed by atoms with Gasteiger partial charge in [0.05, 0.1) is 21.9 Å². The molecule has 102 valence electrons. The van der Waals surface area contributed by atoms with Gasteiger partial charge in [0, 0.05) is 0 Å². The standard InChI is InChI=1S/C15H12F2N2S/c1-9(18-13-8-10(16)6-7-11(13)17)15-19-12-4-2-3-5-14(12)20-15/h2-9,18H,1H3. The Bertz CT molecular complexity index is 721. The van der Waals surface area contributed by atoms with Crippen LogP contribution in [0.3, 0.4) is 0 Å². The van der Waals surface area contributed by atoms with E-state index in [2.05, 4.69) is 10.3 Å².